The number of esters is 1. The van der Waals surface area contributed by atoms with Gasteiger partial charge in [0.1, 0.15) is 5.82 Å². The van der Waals surface area contributed by atoms with Crippen molar-refractivity contribution in [2.24, 2.45) is 0 Å². The molecular formula is C22H22FNO5. The molecule has 1 aliphatic rings. The Morgan fingerprint density at radius 3 is 2.38 bits per heavy atom. The van der Waals surface area contributed by atoms with Crippen LogP contribution < -0.4 is 0 Å². The minimum Gasteiger partial charge on any atom is -0.478 e. The van der Waals surface area contributed by atoms with Crippen LogP contribution in [-0.4, -0.2) is 40.9 Å². The van der Waals surface area contributed by atoms with Gasteiger partial charge in [-0.05, 0) is 48.6 Å². The lowest BCUT2D eigenvalue weighted by atomic mass is 9.98. The average Bonchev–Trinajstić information content (AvgIpc) is 2.72. The lowest BCUT2D eigenvalue weighted by Crippen LogP contribution is -2.36. The highest BCUT2D eigenvalue weighted by Gasteiger charge is 2.24. The summed E-state index contributed by atoms with van der Waals surface area (Å²) in [5.41, 5.74) is 1.43. The monoisotopic (exact) mass is 399 g/mol. The van der Waals surface area contributed by atoms with Crippen LogP contribution in [0.5, 0.6) is 0 Å². The number of halogens is 1. The van der Waals surface area contributed by atoms with Gasteiger partial charge in [0.05, 0.1) is 5.56 Å². The summed E-state index contributed by atoms with van der Waals surface area (Å²) in [6, 6.07) is 10.7. The van der Waals surface area contributed by atoms with E-state index in [-0.39, 0.29) is 17.0 Å². The number of hydrogen-bond acceptors (Lipinski definition) is 4. The van der Waals surface area contributed by atoms with Crippen molar-refractivity contribution in [3.05, 3.63) is 59.4 Å². The van der Waals surface area contributed by atoms with Gasteiger partial charge < -0.3 is 14.7 Å². The molecule has 1 atom stereocenters. The normalized spacial score (nSPS) is 14.9. The molecule has 29 heavy (non-hydrogen) atoms. The summed E-state index contributed by atoms with van der Waals surface area (Å²) in [6.45, 7) is 2.36. The number of rotatable bonds is 5. The Morgan fingerprint density at radius 2 is 1.72 bits per heavy atom. The van der Waals surface area contributed by atoms with Crippen molar-refractivity contribution in [1.82, 2.24) is 4.90 Å². The molecule has 1 heterocycles. The number of benzene rings is 2. The number of ether oxygens (including phenoxy) is 1. The van der Waals surface area contributed by atoms with Gasteiger partial charge in [0.15, 0.2) is 0 Å². The lowest BCUT2D eigenvalue weighted by molar-refractivity contribution is -0.163. The molecule has 6 nitrogen and oxygen atoms in total. The topological polar surface area (TPSA) is 83.9 Å². The van der Waals surface area contributed by atoms with Gasteiger partial charge in [0.2, 0.25) is 6.10 Å². The second-order valence-electron chi connectivity index (χ2n) is 7.00. The highest BCUT2D eigenvalue weighted by atomic mass is 19.1. The molecule has 1 fully saturated rings. The van der Waals surface area contributed by atoms with E-state index in [0.29, 0.717) is 24.2 Å². The first-order valence-electron chi connectivity index (χ1n) is 9.46. The van der Waals surface area contributed by atoms with E-state index in [1.807, 2.05) is 0 Å². The first-order chi connectivity index (χ1) is 13.9. The first kappa shape index (κ1) is 20.5. The molecule has 1 aliphatic heterocycles. The van der Waals surface area contributed by atoms with Gasteiger partial charge in [-0.25, -0.2) is 9.18 Å². The standard InChI is InChI=1S/C22H22FNO5/c1-14(25)29-20(22(27)28)17-7-5-6-15(12-17)16-8-9-19(23)18(13-16)21(26)24-10-3-2-4-11-24/h5-9,12-13,20H,2-4,10-11H2,1H3,(H,27,28). The molecule has 0 bridgehead atoms. The minimum absolute atomic E-state index is 0.00965. The number of carbonyl (C=O) groups is 3. The van der Waals surface area contributed by atoms with E-state index in [2.05, 4.69) is 0 Å². The molecule has 1 N–H and O–H groups in total. The molecule has 1 saturated heterocycles. The second-order valence-corrected chi connectivity index (χ2v) is 7.00. The highest BCUT2D eigenvalue weighted by Crippen LogP contribution is 2.28. The molecule has 7 heteroatoms. The summed E-state index contributed by atoms with van der Waals surface area (Å²) in [5.74, 6) is -2.94. The highest BCUT2D eigenvalue weighted by molar-refractivity contribution is 5.96. The molecule has 2 aromatic rings. The summed E-state index contributed by atoms with van der Waals surface area (Å²) >= 11 is 0. The molecule has 0 spiro atoms. The average molecular weight is 399 g/mol. The minimum atomic E-state index is -1.44. The molecule has 0 aromatic heterocycles. The van der Waals surface area contributed by atoms with Crippen LogP contribution in [0.4, 0.5) is 4.39 Å². The van der Waals surface area contributed by atoms with E-state index < -0.39 is 23.9 Å². The molecule has 152 valence electrons. The van der Waals surface area contributed by atoms with E-state index in [9.17, 15) is 23.9 Å². The van der Waals surface area contributed by atoms with Crippen molar-refractivity contribution in [3.63, 3.8) is 0 Å². The van der Waals surface area contributed by atoms with E-state index in [1.54, 1.807) is 23.1 Å². The molecule has 3 rings (SSSR count). The van der Waals surface area contributed by atoms with Crippen LogP contribution >= 0.6 is 0 Å². The Bertz CT molecular complexity index is 937. The Balaban J connectivity index is 1.94. The van der Waals surface area contributed by atoms with Gasteiger partial charge in [0.25, 0.3) is 5.91 Å². The number of aliphatic carboxylic acids is 1. The van der Waals surface area contributed by atoms with Gasteiger partial charge in [0, 0.05) is 25.6 Å². The van der Waals surface area contributed by atoms with Gasteiger partial charge in [-0.1, -0.05) is 24.3 Å². The molecule has 0 aliphatic carbocycles. The van der Waals surface area contributed by atoms with Crippen molar-refractivity contribution in [1.29, 1.82) is 0 Å². The Kier molecular flexibility index (Phi) is 6.26. The van der Waals surface area contributed by atoms with Gasteiger partial charge >= 0.3 is 11.9 Å². The quantitative estimate of drug-likeness (QED) is 0.773. The fourth-order valence-electron chi connectivity index (χ4n) is 3.44. The van der Waals surface area contributed by atoms with Crippen molar-refractivity contribution in [2.75, 3.05) is 13.1 Å². The molecule has 0 radical (unpaired) electrons. The van der Waals surface area contributed by atoms with Gasteiger partial charge in [-0.3, -0.25) is 9.59 Å². The van der Waals surface area contributed by atoms with Crippen molar-refractivity contribution < 1.29 is 28.6 Å². The number of piperidine rings is 1. The third-order valence-corrected chi connectivity index (χ3v) is 4.87. The summed E-state index contributed by atoms with van der Waals surface area (Å²) in [6.07, 6.45) is 1.43. The van der Waals surface area contributed by atoms with Crippen molar-refractivity contribution in [2.45, 2.75) is 32.3 Å². The maximum absolute atomic E-state index is 14.4. The maximum Gasteiger partial charge on any atom is 0.349 e. The van der Waals surface area contributed by atoms with Crippen molar-refractivity contribution >= 4 is 17.8 Å². The predicted molar refractivity (Wildman–Crippen MR) is 104 cm³/mol. The molecular weight excluding hydrogens is 377 g/mol. The number of amides is 1. The molecule has 2 aromatic carbocycles. The zero-order valence-corrected chi connectivity index (χ0v) is 16.1. The number of carboxylic acids is 1. The number of likely N-dealkylation sites (tertiary alicyclic amines) is 1. The Hall–Kier alpha value is -3.22. The fraction of sp³-hybridized carbons (Fsp3) is 0.318. The summed E-state index contributed by atoms with van der Waals surface area (Å²) in [5, 5.41) is 9.36. The van der Waals surface area contributed by atoms with Crippen LogP contribution in [0.1, 0.15) is 48.2 Å². The Morgan fingerprint density at radius 1 is 1.03 bits per heavy atom. The van der Waals surface area contributed by atoms with Crippen molar-refractivity contribution in [3.8, 4) is 11.1 Å². The lowest BCUT2D eigenvalue weighted by Gasteiger charge is -2.27. The number of carboxylic acid groups (broad SMARTS) is 1. The smallest absolute Gasteiger partial charge is 0.349 e. The number of carbonyl (C=O) groups excluding carboxylic acids is 2. The number of hydrogen-bond donors (Lipinski definition) is 1. The zero-order valence-electron chi connectivity index (χ0n) is 16.1. The first-order valence-corrected chi connectivity index (χ1v) is 9.46. The molecule has 1 amide bonds. The van der Waals surface area contributed by atoms with Gasteiger partial charge in [-0.15, -0.1) is 0 Å². The van der Waals surface area contributed by atoms with Crippen LogP contribution in [0.3, 0.4) is 0 Å². The molecule has 0 saturated carbocycles. The Labute approximate surface area is 167 Å². The van der Waals surface area contributed by atoms with Crippen LogP contribution in [0.25, 0.3) is 11.1 Å². The van der Waals surface area contributed by atoms with Crippen LogP contribution in [0, 0.1) is 5.82 Å². The van der Waals surface area contributed by atoms with E-state index in [1.165, 1.54) is 24.3 Å². The van der Waals surface area contributed by atoms with Crippen LogP contribution in [-0.2, 0) is 14.3 Å². The third-order valence-electron chi connectivity index (χ3n) is 4.87. The number of nitrogens with zero attached hydrogens (tertiary/aromatic N) is 1. The SMILES string of the molecule is CC(=O)OC(C(=O)O)c1cccc(-c2ccc(F)c(C(=O)N3CCCCC3)c2)c1. The molecule has 1 unspecified atom stereocenters. The third kappa shape index (κ3) is 4.80. The summed E-state index contributed by atoms with van der Waals surface area (Å²) < 4.78 is 19.3. The zero-order chi connectivity index (χ0) is 21.0. The van der Waals surface area contributed by atoms with E-state index >= 15 is 0 Å². The fourth-order valence-corrected chi connectivity index (χ4v) is 3.44. The van der Waals surface area contributed by atoms with E-state index in [4.69, 9.17) is 4.74 Å². The maximum atomic E-state index is 14.4. The second kappa shape index (κ2) is 8.86. The largest absolute Gasteiger partial charge is 0.478 e. The predicted octanol–water partition coefficient (Wildman–Crippen LogP) is 3.81. The van der Waals surface area contributed by atoms with Crippen LogP contribution in [0.15, 0.2) is 42.5 Å². The van der Waals surface area contributed by atoms with Crippen LogP contribution in [0.2, 0.25) is 0 Å². The summed E-state index contributed by atoms with van der Waals surface area (Å²) in [7, 11) is 0. The van der Waals surface area contributed by atoms with Gasteiger partial charge in [-0.2, -0.15) is 0 Å². The summed E-state index contributed by atoms with van der Waals surface area (Å²) in [4.78, 5) is 37.1. The van der Waals surface area contributed by atoms with E-state index in [0.717, 1.165) is 26.2 Å².